The maximum Gasteiger partial charge on any atom is 0.245 e. The predicted octanol–water partition coefficient (Wildman–Crippen LogP) is 3.93. The average molecular weight is 379 g/mol. The van der Waals surface area contributed by atoms with Crippen molar-refractivity contribution in [1.82, 2.24) is 14.6 Å². The third kappa shape index (κ3) is 3.13. The second-order valence-electron chi connectivity index (χ2n) is 7.63. The molecule has 3 aromatic rings. The molecule has 1 aliphatic rings. The van der Waals surface area contributed by atoms with Gasteiger partial charge in [0.1, 0.15) is 17.5 Å². The van der Waals surface area contributed by atoms with Crippen LogP contribution < -0.4 is 0 Å². The van der Waals surface area contributed by atoms with E-state index in [-0.39, 0.29) is 11.7 Å². The summed E-state index contributed by atoms with van der Waals surface area (Å²) in [6.45, 7) is 3.85. The summed E-state index contributed by atoms with van der Waals surface area (Å²) in [7, 11) is 1.79. The van der Waals surface area contributed by atoms with Crippen molar-refractivity contribution in [2.45, 2.75) is 52.1 Å². The third-order valence-electron chi connectivity index (χ3n) is 5.69. The molecule has 1 aromatic carbocycles. The lowest BCUT2D eigenvalue weighted by Crippen LogP contribution is -2.33. The minimum atomic E-state index is -0.425. The minimum absolute atomic E-state index is 0.00261. The fraction of sp³-hybridized carbons (Fsp3) is 0.409. The molecule has 0 spiro atoms. The largest absolute Gasteiger partial charge is 0.361 e. The Morgan fingerprint density at radius 3 is 2.79 bits per heavy atom. The highest BCUT2D eigenvalue weighted by atomic mass is 16.5. The Kier molecular flexibility index (Phi) is 4.79. The molecule has 1 atom stereocenters. The lowest BCUT2D eigenvalue weighted by molar-refractivity contribution is -0.133. The van der Waals surface area contributed by atoms with Gasteiger partial charge in [-0.25, -0.2) is 0 Å². The van der Waals surface area contributed by atoms with Gasteiger partial charge in [-0.1, -0.05) is 23.4 Å². The number of ketones is 1. The summed E-state index contributed by atoms with van der Waals surface area (Å²) in [6, 6.07) is 7.27. The molecule has 0 saturated heterocycles. The molecule has 6 nitrogen and oxygen atoms in total. The monoisotopic (exact) mass is 379 g/mol. The van der Waals surface area contributed by atoms with E-state index in [9.17, 15) is 9.59 Å². The van der Waals surface area contributed by atoms with Crippen LogP contribution in [0.5, 0.6) is 0 Å². The lowest BCUT2D eigenvalue weighted by Gasteiger charge is -2.23. The Hall–Kier alpha value is -2.89. The lowest BCUT2D eigenvalue weighted by atomic mass is 9.96. The average Bonchev–Trinajstić information content (AvgIpc) is 3.29. The second-order valence-corrected chi connectivity index (χ2v) is 7.63. The van der Waals surface area contributed by atoms with Gasteiger partial charge in [0.05, 0.1) is 6.54 Å². The molecule has 0 saturated carbocycles. The van der Waals surface area contributed by atoms with Crippen LogP contribution in [0.25, 0.3) is 10.9 Å². The molecule has 0 N–H and O–H groups in total. The van der Waals surface area contributed by atoms with Crippen LogP contribution in [-0.4, -0.2) is 33.4 Å². The predicted molar refractivity (Wildman–Crippen MR) is 106 cm³/mol. The van der Waals surface area contributed by atoms with Gasteiger partial charge in [0.25, 0.3) is 0 Å². The molecule has 0 aliphatic heterocycles. The van der Waals surface area contributed by atoms with Gasteiger partial charge in [-0.05, 0) is 39.2 Å². The van der Waals surface area contributed by atoms with E-state index in [0.717, 1.165) is 48.0 Å². The number of nitrogens with zero attached hydrogens (tertiary/aromatic N) is 3. The van der Waals surface area contributed by atoms with Crippen molar-refractivity contribution in [3.63, 3.8) is 0 Å². The number of fused-ring (bicyclic) bond motifs is 2. The summed E-state index contributed by atoms with van der Waals surface area (Å²) in [6.07, 6.45) is 5.96. The highest BCUT2D eigenvalue weighted by molar-refractivity contribution is 6.07. The van der Waals surface area contributed by atoms with E-state index in [4.69, 9.17) is 4.52 Å². The van der Waals surface area contributed by atoms with Crippen molar-refractivity contribution in [2.75, 3.05) is 7.05 Å². The van der Waals surface area contributed by atoms with E-state index in [2.05, 4.69) is 5.16 Å². The fourth-order valence-electron chi connectivity index (χ4n) is 4.12. The van der Waals surface area contributed by atoms with Crippen LogP contribution in [0.3, 0.4) is 0 Å². The SMILES string of the molecule is CC(=O)c1cn(C(C)C(=O)N(C)Cc2noc3c2CCCC3)c2ccccc12. The molecule has 4 rings (SSSR count). The maximum absolute atomic E-state index is 13.1. The van der Waals surface area contributed by atoms with Gasteiger partial charge in [-0.3, -0.25) is 9.59 Å². The summed E-state index contributed by atoms with van der Waals surface area (Å²) < 4.78 is 7.36. The van der Waals surface area contributed by atoms with E-state index in [1.165, 1.54) is 5.56 Å². The molecular weight excluding hydrogens is 354 g/mol. The normalized spacial score (nSPS) is 14.7. The van der Waals surface area contributed by atoms with E-state index < -0.39 is 6.04 Å². The smallest absolute Gasteiger partial charge is 0.245 e. The van der Waals surface area contributed by atoms with Crippen LogP contribution >= 0.6 is 0 Å². The number of benzene rings is 1. The zero-order valence-corrected chi connectivity index (χ0v) is 16.6. The van der Waals surface area contributed by atoms with Crippen LogP contribution in [-0.2, 0) is 24.2 Å². The zero-order valence-electron chi connectivity index (χ0n) is 16.6. The van der Waals surface area contributed by atoms with Gasteiger partial charge in [0, 0.05) is 41.7 Å². The van der Waals surface area contributed by atoms with Crippen molar-refractivity contribution < 1.29 is 14.1 Å². The number of aromatic nitrogens is 2. The molecule has 146 valence electrons. The van der Waals surface area contributed by atoms with Crippen LogP contribution in [0.15, 0.2) is 35.0 Å². The van der Waals surface area contributed by atoms with Crippen LogP contribution in [0.1, 0.15) is 60.1 Å². The molecule has 0 bridgehead atoms. The van der Waals surface area contributed by atoms with E-state index in [1.807, 2.05) is 35.8 Å². The first-order chi connectivity index (χ1) is 13.5. The molecule has 2 heterocycles. The third-order valence-corrected chi connectivity index (χ3v) is 5.69. The number of rotatable bonds is 5. The fourth-order valence-corrected chi connectivity index (χ4v) is 4.12. The Bertz CT molecular complexity index is 1050. The van der Waals surface area contributed by atoms with Crippen molar-refractivity contribution in [3.05, 3.63) is 53.0 Å². The first-order valence-corrected chi connectivity index (χ1v) is 9.79. The van der Waals surface area contributed by atoms with Crippen molar-refractivity contribution in [1.29, 1.82) is 0 Å². The van der Waals surface area contributed by atoms with Crippen molar-refractivity contribution in [2.24, 2.45) is 0 Å². The van der Waals surface area contributed by atoms with Crippen LogP contribution in [0.2, 0.25) is 0 Å². The van der Waals surface area contributed by atoms with Crippen LogP contribution in [0, 0.1) is 0 Å². The Morgan fingerprint density at radius 2 is 2.00 bits per heavy atom. The van der Waals surface area contributed by atoms with Gasteiger partial charge in [0.2, 0.25) is 5.91 Å². The molecular formula is C22H25N3O3. The van der Waals surface area contributed by atoms with Gasteiger partial charge < -0.3 is 14.0 Å². The quantitative estimate of drug-likeness (QED) is 0.630. The Balaban J connectivity index is 1.59. The Labute approximate surface area is 164 Å². The molecule has 1 aliphatic carbocycles. The zero-order chi connectivity index (χ0) is 19.8. The van der Waals surface area contributed by atoms with Gasteiger partial charge in [0.15, 0.2) is 5.78 Å². The minimum Gasteiger partial charge on any atom is -0.361 e. The summed E-state index contributed by atoms with van der Waals surface area (Å²) in [5.74, 6) is 0.943. The summed E-state index contributed by atoms with van der Waals surface area (Å²) in [5.41, 5.74) is 3.56. The maximum atomic E-state index is 13.1. The van der Waals surface area contributed by atoms with E-state index >= 15 is 0 Å². The molecule has 2 aromatic heterocycles. The second kappa shape index (κ2) is 7.26. The number of aryl methyl sites for hydroxylation is 1. The highest BCUT2D eigenvalue weighted by Crippen LogP contribution is 2.28. The number of hydrogen-bond acceptors (Lipinski definition) is 4. The topological polar surface area (TPSA) is 68.3 Å². The van der Waals surface area contributed by atoms with Crippen molar-refractivity contribution >= 4 is 22.6 Å². The number of para-hydroxylation sites is 1. The van der Waals surface area contributed by atoms with Crippen molar-refractivity contribution in [3.8, 4) is 0 Å². The Morgan fingerprint density at radius 1 is 1.25 bits per heavy atom. The van der Waals surface area contributed by atoms with Gasteiger partial charge in [-0.2, -0.15) is 0 Å². The van der Waals surface area contributed by atoms with Gasteiger partial charge in [-0.15, -0.1) is 0 Å². The number of carbonyl (C=O) groups excluding carboxylic acids is 2. The van der Waals surface area contributed by atoms with Gasteiger partial charge >= 0.3 is 0 Å². The molecule has 28 heavy (non-hydrogen) atoms. The number of hydrogen-bond donors (Lipinski definition) is 0. The highest BCUT2D eigenvalue weighted by Gasteiger charge is 2.26. The summed E-state index contributed by atoms with van der Waals surface area (Å²) in [5, 5.41) is 5.09. The molecule has 0 fully saturated rings. The number of Topliss-reactive ketones (excluding diaryl/α,β-unsaturated/α-hetero) is 1. The first-order valence-electron chi connectivity index (χ1n) is 9.79. The van der Waals surface area contributed by atoms with E-state index in [0.29, 0.717) is 12.1 Å². The number of carbonyl (C=O) groups is 2. The first kappa shape index (κ1) is 18.5. The van der Waals surface area contributed by atoms with E-state index in [1.54, 1.807) is 25.1 Å². The molecule has 1 unspecified atom stereocenters. The summed E-state index contributed by atoms with van der Waals surface area (Å²) in [4.78, 5) is 26.8. The molecule has 6 heteroatoms. The summed E-state index contributed by atoms with van der Waals surface area (Å²) >= 11 is 0. The number of amides is 1. The standard InChI is InChI=1S/C22H25N3O3/c1-14(25-12-18(15(2)26)16-8-4-6-10-20(16)25)22(27)24(3)13-19-17-9-5-7-11-21(17)28-23-19/h4,6,8,10,12,14H,5,7,9,11,13H2,1-3H3. The van der Waals surface area contributed by atoms with Crippen LogP contribution in [0.4, 0.5) is 0 Å². The number of likely N-dealkylation sites (N-methyl/N-ethyl adjacent to an activating group) is 1. The molecule has 1 amide bonds. The molecule has 0 radical (unpaired) electrons.